The van der Waals surface area contributed by atoms with E-state index in [4.69, 9.17) is 23.2 Å². The molecule has 2 rings (SSSR count). The number of halogens is 3. The van der Waals surface area contributed by atoms with Crippen molar-refractivity contribution < 1.29 is 4.79 Å². The number of benzene rings is 1. The van der Waals surface area contributed by atoms with Crippen molar-refractivity contribution >= 4 is 59.0 Å². The molecule has 26 heavy (non-hydrogen) atoms. The first-order chi connectivity index (χ1) is 12.0. The number of hydrogen-bond acceptors (Lipinski definition) is 2. The summed E-state index contributed by atoms with van der Waals surface area (Å²) in [6, 6.07) is 5.56. The first kappa shape index (κ1) is 23.3. The Labute approximate surface area is 182 Å². The molecule has 1 aliphatic rings. The lowest BCUT2D eigenvalue weighted by Gasteiger charge is -2.34. The summed E-state index contributed by atoms with van der Waals surface area (Å²) in [6.07, 6.45) is 3.36. The van der Waals surface area contributed by atoms with Crippen LogP contribution in [0.3, 0.4) is 0 Å². The zero-order chi connectivity index (χ0) is 18.2. The molecule has 0 atom stereocenters. The van der Waals surface area contributed by atoms with Crippen LogP contribution in [0.15, 0.2) is 23.2 Å². The summed E-state index contributed by atoms with van der Waals surface area (Å²) in [4.78, 5) is 18.1. The molecule has 2 N–H and O–H groups in total. The van der Waals surface area contributed by atoms with Gasteiger partial charge in [0.15, 0.2) is 5.96 Å². The van der Waals surface area contributed by atoms with Gasteiger partial charge in [0.1, 0.15) is 0 Å². The fourth-order valence-electron chi connectivity index (χ4n) is 3.12. The van der Waals surface area contributed by atoms with Crippen LogP contribution in [0.1, 0.15) is 24.8 Å². The molecule has 1 aromatic carbocycles. The average molecular weight is 513 g/mol. The Morgan fingerprint density at radius 1 is 1.27 bits per heavy atom. The second-order valence-corrected chi connectivity index (χ2v) is 7.05. The quantitative estimate of drug-likeness (QED) is 0.360. The predicted molar refractivity (Wildman–Crippen MR) is 120 cm³/mol. The van der Waals surface area contributed by atoms with Gasteiger partial charge >= 0.3 is 0 Å². The van der Waals surface area contributed by atoms with E-state index in [1.165, 1.54) is 0 Å². The average Bonchev–Trinajstić information content (AvgIpc) is 2.61. The maximum Gasteiger partial charge on any atom is 0.220 e. The van der Waals surface area contributed by atoms with Crippen molar-refractivity contribution in [3.63, 3.8) is 0 Å². The van der Waals surface area contributed by atoms with Crippen molar-refractivity contribution in [3.05, 3.63) is 33.8 Å². The first-order valence-corrected chi connectivity index (χ1v) is 9.39. The Morgan fingerprint density at radius 2 is 1.88 bits per heavy atom. The van der Waals surface area contributed by atoms with Crippen LogP contribution in [-0.2, 0) is 11.2 Å². The van der Waals surface area contributed by atoms with Gasteiger partial charge in [-0.3, -0.25) is 9.79 Å². The van der Waals surface area contributed by atoms with Gasteiger partial charge < -0.3 is 15.5 Å². The topological polar surface area (TPSA) is 56.7 Å². The number of nitrogens with zero attached hydrogens (tertiary/aromatic N) is 2. The molecule has 8 heteroatoms. The number of hydrogen-bond donors (Lipinski definition) is 2. The Bertz CT molecular complexity index is 599. The van der Waals surface area contributed by atoms with Crippen LogP contribution >= 0.6 is 47.2 Å². The van der Waals surface area contributed by atoms with Gasteiger partial charge in [-0.15, -0.1) is 24.0 Å². The monoisotopic (exact) mass is 512 g/mol. The molecule has 1 fully saturated rings. The minimum absolute atomic E-state index is 0. The molecule has 0 unspecified atom stereocenters. The third-order valence-electron chi connectivity index (χ3n) is 4.60. The van der Waals surface area contributed by atoms with E-state index >= 15 is 0 Å². The molecular formula is C18H27Cl2IN4O. The highest BCUT2D eigenvalue weighted by atomic mass is 127. The van der Waals surface area contributed by atoms with E-state index in [2.05, 4.69) is 20.5 Å². The van der Waals surface area contributed by atoms with Crippen LogP contribution < -0.4 is 10.6 Å². The van der Waals surface area contributed by atoms with Gasteiger partial charge in [-0.1, -0.05) is 29.3 Å². The summed E-state index contributed by atoms with van der Waals surface area (Å²) >= 11 is 12.4. The van der Waals surface area contributed by atoms with Crippen LogP contribution in [0.5, 0.6) is 0 Å². The zero-order valence-electron chi connectivity index (χ0n) is 15.2. The smallest absolute Gasteiger partial charge is 0.220 e. The minimum Gasteiger partial charge on any atom is -0.359 e. The van der Waals surface area contributed by atoms with Crippen LogP contribution in [0.2, 0.25) is 10.0 Å². The number of rotatable bonds is 5. The number of likely N-dealkylation sites (tertiary alicyclic amines) is 1. The summed E-state index contributed by atoms with van der Waals surface area (Å²) in [5.74, 6) is 1.47. The molecule has 146 valence electrons. The van der Waals surface area contributed by atoms with Crippen LogP contribution in [0, 0.1) is 5.92 Å². The van der Waals surface area contributed by atoms with E-state index in [1.54, 1.807) is 14.1 Å². The summed E-state index contributed by atoms with van der Waals surface area (Å²) in [6.45, 7) is 2.54. The number of carbonyl (C=O) groups excluding carboxylic acids is 1. The van der Waals surface area contributed by atoms with E-state index in [-0.39, 0.29) is 29.9 Å². The molecule has 1 amide bonds. The molecule has 1 heterocycles. The normalized spacial score (nSPS) is 15.4. The fraction of sp³-hybridized carbons (Fsp3) is 0.556. The number of piperidine rings is 1. The second-order valence-electron chi connectivity index (χ2n) is 6.23. The molecule has 0 aromatic heterocycles. The van der Waals surface area contributed by atoms with Crippen molar-refractivity contribution in [2.45, 2.75) is 25.7 Å². The number of aliphatic imine (C=N–C) groups is 1. The van der Waals surface area contributed by atoms with Crippen LogP contribution in [-0.4, -0.2) is 50.5 Å². The SMILES string of the molecule is CN=C(NCCc1c(Cl)cccc1Cl)N1CCC(CC(=O)NC)CC1.I. The highest BCUT2D eigenvalue weighted by Gasteiger charge is 2.23. The molecule has 1 aromatic rings. The van der Waals surface area contributed by atoms with Gasteiger partial charge in [0.2, 0.25) is 5.91 Å². The molecule has 0 bridgehead atoms. The molecule has 0 aliphatic carbocycles. The number of guanidine groups is 1. The Morgan fingerprint density at radius 3 is 2.42 bits per heavy atom. The van der Waals surface area contributed by atoms with Gasteiger partial charge in [-0.2, -0.15) is 0 Å². The predicted octanol–water partition coefficient (Wildman–Crippen LogP) is 3.58. The third kappa shape index (κ3) is 6.78. The van der Waals surface area contributed by atoms with Gasteiger partial charge in [0, 0.05) is 50.2 Å². The maximum atomic E-state index is 11.5. The second kappa shape index (κ2) is 11.9. The van der Waals surface area contributed by atoms with Crippen molar-refractivity contribution in [3.8, 4) is 0 Å². The van der Waals surface area contributed by atoms with Crippen LogP contribution in [0.4, 0.5) is 0 Å². The van der Waals surface area contributed by atoms with E-state index in [0.717, 1.165) is 43.9 Å². The lowest BCUT2D eigenvalue weighted by molar-refractivity contribution is -0.121. The highest BCUT2D eigenvalue weighted by Crippen LogP contribution is 2.24. The van der Waals surface area contributed by atoms with Gasteiger partial charge in [0.05, 0.1) is 0 Å². The molecular weight excluding hydrogens is 486 g/mol. The summed E-state index contributed by atoms with van der Waals surface area (Å²) in [7, 11) is 3.48. The largest absolute Gasteiger partial charge is 0.359 e. The molecule has 0 saturated carbocycles. The van der Waals surface area contributed by atoms with Crippen molar-refractivity contribution in [1.29, 1.82) is 0 Å². The molecule has 1 saturated heterocycles. The molecule has 0 spiro atoms. The number of amides is 1. The lowest BCUT2D eigenvalue weighted by Crippen LogP contribution is -2.46. The number of nitrogens with one attached hydrogen (secondary N) is 2. The zero-order valence-corrected chi connectivity index (χ0v) is 19.1. The maximum absolute atomic E-state index is 11.5. The van der Waals surface area contributed by atoms with Crippen molar-refractivity contribution in [2.24, 2.45) is 10.9 Å². The summed E-state index contributed by atoms with van der Waals surface area (Å²) < 4.78 is 0. The standard InChI is InChI=1S/C18H26Cl2N4O.HI/c1-21-17(25)12-13-7-10-24(11-8-13)18(22-2)23-9-6-14-15(19)4-3-5-16(14)20;/h3-5,13H,6-12H2,1-2H3,(H,21,25)(H,22,23);1H. The van der Waals surface area contributed by atoms with E-state index < -0.39 is 0 Å². The van der Waals surface area contributed by atoms with Gasteiger partial charge in [0.25, 0.3) is 0 Å². The molecule has 0 radical (unpaired) electrons. The van der Waals surface area contributed by atoms with E-state index in [0.29, 0.717) is 28.9 Å². The van der Waals surface area contributed by atoms with Gasteiger partial charge in [-0.25, -0.2) is 0 Å². The fourth-order valence-corrected chi connectivity index (χ4v) is 3.70. The minimum atomic E-state index is 0. The molecule has 5 nitrogen and oxygen atoms in total. The van der Waals surface area contributed by atoms with Crippen molar-refractivity contribution in [2.75, 3.05) is 33.7 Å². The Balaban J connectivity index is 0.00000338. The summed E-state index contributed by atoms with van der Waals surface area (Å²) in [5.41, 5.74) is 0.957. The van der Waals surface area contributed by atoms with Gasteiger partial charge in [-0.05, 0) is 42.9 Å². The van der Waals surface area contributed by atoms with E-state index in [1.807, 2.05) is 18.2 Å². The first-order valence-electron chi connectivity index (χ1n) is 8.64. The van der Waals surface area contributed by atoms with Crippen molar-refractivity contribution in [1.82, 2.24) is 15.5 Å². The third-order valence-corrected chi connectivity index (χ3v) is 5.31. The molecule has 1 aliphatic heterocycles. The van der Waals surface area contributed by atoms with Crippen LogP contribution in [0.25, 0.3) is 0 Å². The Kier molecular flexibility index (Phi) is 10.6. The summed E-state index contributed by atoms with van der Waals surface area (Å²) in [5, 5.41) is 7.48. The number of carbonyl (C=O) groups is 1. The Hall–Kier alpha value is -0.730. The lowest BCUT2D eigenvalue weighted by atomic mass is 9.93. The van der Waals surface area contributed by atoms with E-state index in [9.17, 15) is 4.79 Å². The highest BCUT2D eigenvalue weighted by molar-refractivity contribution is 14.0.